The first-order valence-corrected chi connectivity index (χ1v) is 14.9. The smallest absolute Gasteiger partial charge is 0.217 e. The van der Waals surface area contributed by atoms with Crippen LogP contribution in [0.5, 0.6) is 5.75 Å². The highest BCUT2D eigenvalue weighted by molar-refractivity contribution is 5.80. The molecular formula is C33H43N7O2. The van der Waals surface area contributed by atoms with Gasteiger partial charge in [0.1, 0.15) is 11.4 Å². The third-order valence-electron chi connectivity index (χ3n) is 8.06. The molecule has 4 aromatic rings. The second-order valence-electron chi connectivity index (χ2n) is 11.8. The van der Waals surface area contributed by atoms with Gasteiger partial charge in [-0.1, -0.05) is 12.1 Å². The molecule has 2 aromatic carbocycles. The van der Waals surface area contributed by atoms with Crippen LogP contribution in [0.2, 0.25) is 0 Å². The van der Waals surface area contributed by atoms with Crippen LogP contribution in [0.3, 0.4) is 0 Å². The predicted molar refractivity (Wildman–Crippen MR) is 169 cm³/mol. The van der Waals surface area contributed by atoms with E-state index >= 15 is 0 Å². The van der Waals surface area contributed by atoms with Crippen molar-refractivity contribution in [2.24, 2.45) is 5.73 Å². The Labute approximate surface area is 248 Å². The first kappa shape index (κ1) is 29.4. The number of carbonyl (C=O) groups excluding carboxylic acids is 1. The molecule has 5 rings (SSSR count). The number of aromatic nitrogens is 3. The minimum atomic E-state index is -0.277. The van der Waals surface area contributed by atoms with E-state index in [0.717, 1.165) is 66.4 Å². The lowest BCUT2D eigenvalue weighted by atomic mass is 10.1. The van der Waals surface area contributed by atoms with Gasteiger partial charge in [-0.3, -0.25) is 9.78 Å². The van der Waals surface area contributed by atoms with Crippen LogP contribution in [-0.2, 0) is 17.9 Å². The summed E-state index contributed by atoms with van der Waals surface area (Å²) in [6, 6.07) is 16.8. The van der Waals surface area contributed by atoms with Crippen molar-refractivity contribution < 1.29 is 9.90 Å². The van der Waals surface area contributed by atoms with Crippen molar-refractivity contribution in [3.8, 4) is 5.75 Å². The molecule has 9 heteroatoms. The van der Waals surface area contributed by atoms with E-state index in [2.05, 4.69) is 82.0 Å². The summed E-state index contributed by atoms with van der Waals surface area (Å²) in [5, 5.41) is 14.3. The number of nitrogens with one attached hydrogen (secondary N) is 1. The molecule has 1 saturated heterocycles. The molecule has 0 bridgehead atoms. The van der Waals surface area contributed by atoms with Crippen molar-refractivity contribution in [2.45, 2.75) is 65.6 Å². The molecule has 1 aliphatic rings. The zero-order chi connectivity index (χ0) is 29.8. The van der Waals surface area contributed by atoms with E-state index in [-0.39, 0.29) is 11.7 Å². The highest BCUT2D eigenvalue weighted by atomic mass is 16.3. The molecule has 0 saturated carbocycles. The topological polar surface area (TPSA) is 113 Å². The number of hydrogen-bond donors (Lipinski definition) is 3. The third-order valence-corrected chi connectivity index (χ3v) is 8.06. The van der Waals surface area contributed by atoms with E-state index in [1.807, 2.05) is 13.0 Å². The summed E-state index contributed by atoms with van der Waals surface area (Å²) in [4.78, 5) is 25.8. The predicted octanol–water partition coefficient (Wildman–Crippen LogP) is 4.89. The molecule has 9 nitrogen and oxygen atoms in total. The largest absolute Gasteiger partial charge is 0.506 e. The molecule has 2 aromatic heterocycles. The van der Waals surface area contributed by atoms with Gasteiger partial charge < -0.3 is 30.5 Å². The van der Waals surface area contributed by atoms with Crippen LogP contribution < -0.4 is 16.0 Å². The van der Waals surface area contributed by atoms with E-state index in [0.29, 0.717) is 37.7 Å². The van der Waals surface area contributed by atoms with Gasteiger partial charge in [-0.05, 0) is 113 Å². The van der Waals surface area contributed by atoms with Gasteiger partial charge in [0.15, 0.2) is 0 Å². The maximum Gasteiger partial charge on any atom is 0.217 e. The molecule has 0 aliphatic carbocycles. The third kappa shape index (κ3) is 7.20. The standard InChI is InChI=1S/C33H43N7O2/c1-22-16-23(2)18-27(17-22)39(13-5-6-32(34)42)20-25-8-9-30-28(19-25)37-33(36-26-11-14-38(4)15-12-26)40(30)21-29-31(41)10-7-24(3)35-29/h7-10,16-19,26,41H,5-6,11-15,20-21H2,1-4H3,(H2,34,42)(H,36,37). The summed E-state index contributed by atoms with van der Waals surface area (Å²) in [5.74, 6) is 0.706. The summed E-state index contributed by atoms with van der Waals surface area (Å²) >= 11 is 0. The molecule has 0 unspecified atom stereocenters. The number of rotatable bonds is 11. The van der Waals surface area contributed by atoms with Crippen molar-refractivity contribution in [3.63, 3.8) is 0 Å². The van der Waals surface area contributed by atoms with Gasteiger partial charge in [-0.25, -0.2) is 4.98 Å². The Bertz CT molecular complexity index is 1540. The molecule has 1 aliphatic heterocycles. The van der Waals surface area contributed by atoms with Crippen molar-refractivity contribution >= 4 is 28.6 Å². The Balaban J connectivity index is 1.47. The normalized spacial score (nSPS) is 14.4. The fraction of sp³-hybridized carbons (Fsp3) is 0.424. The van der Waals surface area contributed by atoms with Crippen LogP contribution in [0.1, 0.15) is 53.8 Å². The quantitative estimate of drug-likeness (QED) is 0.236. The minimum absolute atomic E-state index is 0.185. The SMILES string of the molecule is Cc1cc(C)cc(N(CCCC(N)=O)Cc2ccc3c(c2)nc(NC2CCN(C)CC2)n3Cc2nc(C)ccc2O)c1. The number of hydrogen-bond acceptors (Lipinski definition) is 7. The maximum absolute atomic E-state index is 11.5. The number of amides is 1. The van der Waals surface area contributed by atoms with Gasteiger partial charge in [-0.15, -0.1) is 0 Å². The number of primary amides is 1. The van der Waals surface area contributed by atoms with Gasteiger partial charge in [0.25, 0.3) is 0 Å². The number of aromatic hydroxyl groups is 1. The Hall–Kier alpha value is -4.11. The Morgan fingerprint density at radius 1 is 1.05 bits per heavy atom. The summed E-state index contributed by atoms with van der Waals surface area (Å²) in [5.41, 5.74) is 13.5. The molecular weight excluding hydrogens is 526 g/mol. The van der Waals surface area contributed by atoms with E-state index < -0.39 is 0 Å². The van der Waals surface area contributed by atoms with Gasteiger partial charge in [0.2, 0.25) is 11.9 Å². The molecule has 222 valence electrons. The van der Waals surface area contributed by atoms with E-state index in [9.17, 15) is 9.90 Å². The van der Waals surface area contributed by atoms with E-state index in [1.54, 1.807) is 6.07 Å². The van der Waals surface area contributed by atoms with Crippen molar-refractivity contribution in [1.82, 2.24) is 19.4 Å². The fourth-order valence-electron chi connectivity index (χ4n) is 5.85. The zero-order valence-electron chi connectivity index (χ0n) is 25.2. The second kappa shape index (κ2) is 12.8. The van der Waals surface area contributed by atoms with Gasteiger partial charge >= 0.3 is 0 Å². The number of piperidine rings is 1. The van der Waals surface area contributed by atoms with E-state index in [1.165, 1.54) is 11.1 Å². The van der Waals surface area contributed by atoms with Crippen LogP contribution in [0.15, 0.2) is 48.5 Å². The number of fused-ring (bicyclic) bond motifs is 1. The first-order valence-electron chi connectivity index (χ1n) is 14.9. The highest BCUT2D eigenvalue weighted by Gasteiger charge is 2.21. The van der Waals surface area contributed by atoms with Gasteiger partial charge in [0.05, 0.1) is 17.6 Å². The fourth-order valence-corrected chi connectivity index (χ4v) is 5.85. The summed E-state index contributed by atoms with van der Waals surface area (Å²) in [6.07, 6.45) is 3.15. The molecule has 0 radical (unpaired) electrons. The van der Waals surface area contributed by atoms with Gasteiger partial charge in [0, 0.05) is 36.9 Å². The molecule has 42 heavy (non-hydrogen) atoms. The number of likely N-dealkylation sites (tertiary alicyclic amines) is 1. The average Bonchev–Trinajstić information content (AvgIpc) is 3.26. The zero-order valence-corrected chi connectivity index (χ0v) is 25.2. The summed E-state index contributed by atoms with van der Waals surface area (Å²) in [7, 11) is 2.16. The lowest BCUT2D eigenvalue weighted by molar-refractivity contribution is -0.118. The summed E-state index contributed by atoms with van der Waals surface area (Å²) in [6.45, 7) is 10.1. The molecule has 3 heterocycles. The lowest BCUT2D eigenvalue weighted by Crippen LogP contribution is -2.37. The van der Waals surface area contributed by atoms with Gasteiger partial charge in [-0.2, -0.15) is 0 Å². The van der Waals surface area contributed by atoms with Crippen LogP contribution in [0.4, 0.5) is 11.6 Å². The minimum Gasteiger partial charge on any atom is -0.506 e. The van der Waals surface area contributed by atoms with Crippen LogP contribution in [0.25, 0.3) is 11.0 Å². The number of pyridine rings is 1. The highest BCUT2D eigenvalue weighted by Crippen LogP contribution is 2.28. The molecule has 1 fully saturated rings. The molecule has 0 atom stereocenters. The number of imidazole rings is 1. The van der Waals surface area contributed by atoms with Crippen LogP contribution >= 0.6 is 0 Å². The Morgan fingerprint density at radius 2 is 1.79 bits per heavy atom. The molecule has 4 N–H and O–H groups in total. The van der Waals surface area contributed by atoms with Crippen molar-refractivity contribution in [3.05, 3.63) is 76.6 Å². The number of benzene rings is 2. The number of anilines is 2. The number of carbonyl (C=O) groups is 1. The Kier molecular flexibility index (Phi) is 8.97. The number of nitrogens with zero attached hydrogens (tertiary/aromatic N) is 5. The second-order valence-corrected chi connectivity index (χ2v) is 11.8. The van der Waals surface area contributed by atoms with Crippen molar-refractivity contribution in [1.29, 1.82) is 0 Å². The first-order chi connectivity index (χ1) is 20.1. The lowest BCUT2D eigenvalue weighted by Gasteiger charge is -2.29. The monoisotopic (exact) mass is 569 g/mol. The van der Waals surface area contributed by atoms with E-state index in [4.69, 9.17) is 10.7 Å². The molecule has 1 amide bonds. The Morgan fingerprint density at radius 3 is 2.50 bits per heavy atom. The van der Waals surface area contributed by atoms with Crippen LogP contribution in [0, 0.1) is 20.8 Å². The summed E-state index contributed by atoms with van der Waals surface area (Å²) < 4.78 is 2.13. The average molecular weight is 570 g/mol. The van der Waals surface area contributed by atoms with Crippen LogP contribution in [-0.4, -0.2) is 63.2 Å². The number of aryl methyl sites for hydroxylation is 3. The van der Waals surface area contributed by atoms with Crippen molar-refractivity contribution in [2.75, 3.05) is 36.9 Å². The molecule has 0 spiro atoms. The number of nitrogens with two attached hydrogens (primary N) is 1. The maximum atomic E-state index is 11.5.